The van der Waals surface area contributed by atoms with E-state index < -0.39 is 10.8 Å². The molecule has 2 heterocycles. The highest BCUT2D eigenvalue weighted by Gasteiger charge is 2.17. The first-order valence-electron chi connectivity index (χ1n) is 5.16. The Balaban J connectivity index is 2.26. The third-order valence-corrected chi connectivity index (χ3v) is 2.63. The second-order valence-electron chi connectivity index (χ2n) is 3.56. The fraction of sp³-hybridized carbons (Fsp3) is 0. The van der Waals surface area contributed by atoms with Crippen LogP contribution in [0.2, 0.25) is 0 Å². The highest BCUT2D eigenvalue weighted by Crippen LogP contribution is 2.18. The zero-order valence-corrected chi connectivity index (χ0v) is 11.4. The van der Waals surface area contributed by atoms with Crippen LogP contribution in [0, 0.1) is 10.1 Å². The Hall–Kier alpha value is -2.62. The molecule has 20 heavy (non-hydrogen) atoms. The van der Waals surface area contributed by atoms with Crippen LogP contribution in [0.5, 0.6) is 0 Å². The summed E-state index contributed by atoms with van der Waals surface area (Å²) in [6.07, 6.45) is 3.69. The average molecular weight is 339 g/mol. The Kier molecular flexibility index (Phi) is 3.84. The lowest BCUT2D eigenvalue weighted by molar-refractivity contribution is -0.385. The van der Waals surface area contributed by atoms with Crippen molar-refractivity contribution in [2.75, 3.05) is 11.1 Å². The van der Waals surface area contributed by atoms with Crippen molar-refractivity contribution in [2.24, 2.45) is 0 Å². The molecule has 1 amide bonds. The minimum absolute atomic E-state index is 0.107. The number of nitrogens with zero attached hydrogens (tertiary/aromatic N) is 4. The summed E-state index contributed by atoms with van der Waals surface area (Å²) in [5.74, 6) is -0.586. The fourth-order valence-electron chi connectivity index (χ4n) is 1.31. The van der Waals surface area contributed by atoms with Crippen molar-refractivity contribution in [3.63, 3.8) is 0 Å². The van der Waals surface area contributed by atoms with E-state index in [0.717, 1.165) is 12.3 Å². The van der Waals surface area contributed by atoms with Gasteiger partial charge in [-0.15, -0.1) is 0 Å². The van der Waals surface area contributed by atoms with E-state index in [4.69, 9.17) is 5.73 Å². The normalized spacial score (nSPS) is 10.1. The first-order chi connectivity index (χ1) is 9.47. The molecule has 102 valence electrons. The van der Waals surface area contributed by atoms with Gasteiger partial charge in [0, 0.05) is 6.07 Å². The van der Waals surface area contributed by atoms with Crippen LogP contribution in [-0.4, -0.2) is 25.8 Å². The average Bonchev–Trinajstić information content (AvgIpc) is 2.41. The van der Waals surface area contributed by atoms with Crippen LogP contribution >= 0.6 is 15.9 Å². The van der Waals surface area contributed by atoms with Gasteiger partial charge in [-0.25, -0.2) is 15.0 Å². The Bertz CT molecular complexity index is 675. The van der Waals surface area contributed by atoms with Gasteiger partial charge < -0.3 is 11.1 Å². The van der Waals surface area contributed by atoms with Crippen molar-refractivity contribution in [2.45, 2.75) is 0 Å². The Morgan fingerprint density at radius 2 is 2.05 bits per heavy atom. The second kappa shape index (κ2) is 5.57. The second-order valence-corrected chi connectivity index (χ2v) is 4.37. The number of nitro groups is 1. The van der Waals surface area contributed by atoms with Crippen molar-refractivity contribution in [3.8, 4) is 0 Å². The van der Waals surface area contributed by atoms with Crippen LogP contribution in [0.4, 0.5) is 17.3 Å². The van der Waals surface area contributed by atoms with E-state index in [9.17, 15) is 14.9 Å². The molecule has 0 aliphatic rings. The van der Waals surface area contributed by atoms with E-state index >= 15 is 0 Å². The predicted octanol–water partition coefficient (Wildman–Crippen LogP) is 1.38. The molecule has 2 rings (SSSR count). The fourth-order valence-corrected chi connectivity index (χ4v) is 1.51. The topological polar surface area (TPSA) is 137 Å². The maximum atomic E-state index is 12.0. The first kappa shape index (κ1) is 13.8. The summed E-state index contributed by atoms with van der Waals surface area (Å²) < 4.78 is 0.507. The maximum Gasteiger partial charge on any atom is 0.288 e. The van der Waals surface area contributed by atoms with E-state index in [0.29, 0.717) is 4.60 Å². The van der Waals surface area contributed by atoms with E-state index in [1.807, 2.05) is 0 Å². The molecule has 0 aliphatic heterocycles. The number of halogens is 1. The van der Waals surface area contributed by atoms with Gasteiger partial charge in [0.15, 0.2) is 5.82 Å². The van der Waals surface area contributed by atoms with Crippen LogP contribution in [0.15, 0.2) is 29.3 Å². The summed E-state index contributed by atoms with van der Waals surface area (Å²) in [6.45, 7) is 0. The number of pyridine rings is 1. The van der Waals surface area contributed by atoms with E-state index in [2.05, 4.69) is 36.2 Å². The van der Waals surface area contributed by atoms with Gasteiger partial charge in [-0.05, 0) is 15.9 Å². The Labute approximate surface area is 120 Å². The molecule has 3 N–H and O–H groups in total. The number of hydrogen-bond donors (Lipinski definition) is 2. The van der Waals surface area contributed by atoms with Crippen LogP contribution in [0.25, 0.3) is 0 Å². The molecule has 2 aromatic rings. The van der Waals surface area contributed by atoms with Gasteiger partial charge in [-0.2, -0.15) is 0 Å². The number of aromatic nitrogens is 3. The van der Waals surface area contributed by atoms with Gasteiger partial charge in [-0.3, -0.25) is 14.9 Å². The summed E-state index contributed by atoms with van der Waals surface area (Å²) in [6, 6.07) is 1.05. The van der Waals surface area contributed by atoms with Gasteiger partial charge in [-0.1, -0.05) is 0 Å². The smallest absolute Gasteiger partial charge is 0.288 e. The van der Waals surface area contributed by atoms with Crippen molar-refractivity contribution in [1.29, 1.82) is 0 Å². The number of nitrogens with one attached hydrogen (secondary N) is 1. The Morgan fingerprint density at radius 1 is 1.30 bits per heavy atom. The molecule has 0 radical (unpaired) electrons. The molecular weight excluding hydrogens is 332 g/mol. The largest absolute Gasteiger partial charge is 0.383 e. The zero-order chi connectivity index (χ0) is 14.7. The van der Waals surface area contributed by atoms with E-state index in [-0.39, 0.29) is 22.9 Å². The van der Waals surface area contributed by atoms with Gasteiger partial charge in [0.1, 0.15) is 16.6 Å². The molecule has 0 fully saturated rings. The first-order valence-corrected chi connectivity index (χ1v) is 5.95. The number of amides is 1. The van der Waals surface area contributed by atoms with Crippen molar-refractivity contribution >= 4 is 39.2 Å². The quantitative estimate of drug-likeness (QED) is 0.636. The number of nitrogens with two attached hydrogens (primary N) is 1. The third-order valence-electron chi connectivity index (χ3n) is 2.22. The van der Waals surface area contributed by atoms with Gasteiger partial charge in [0.2, 0.25) is 0 Å². The van der Waals surface area contributed by atoms with Crippen molar-refractivity contribution in [3.05, 3.63) is 44.9 Å². The number of carbonyl (C=O) groups excluding carboxylic acids is 1. The lowest BCUT2D eigenvalue weighted by atomic mass is 10.2. The van der Waals surface area contributed by atoms with Crippen LogP contribution < -0.4 is 11.1 Å². The summed E-state index contributed by atoms with van der Waals surface area (Å²) in [5, 5.41) is 13.1. The van der Waals surface area contributed by atoms with Crippen molar-refractivity contribution in [1.82, 2.24) is 15.0 Å². The lowest BCUT2D eigenvalue weighted by Gasteiger charge is -2.05. The maximum absolute atomic E-state index is 12.0. The molecular formula is C10H7BrN6O3. The van der Waals surface area contributed by atoms with Gasteiger partial charge >= 0.3 is 0 Å². The van der Waals surface area contributed by atoms with Gasteiger partial charge in [0.25, 0.3) is 11.6 Å². The molecule has 0 unspecified atom stereocenters. The minimum Gasteiger partial charge on any atom is -0.383 e. The standard InChI is InChI=1S/C10H7BrN6O3/c11-7-3-14-8(4-13-7)16-10(18)6-1-5(17(19)20)2-15-9(6)12/h1-4H,(H2,12,15)(H,14,16,18). The predicted molar refractivity (Wildman–Crippen MR) is 73.0 cm³/mol. The molecule has 0 bridgehead atoms. The SMILES string of the molecule is Nc1ncc([N+](=O)[O-])cc1C(=O)Nc1cnc(Br)cn1. The number of nitrogen functional groups attached to an aromatic ring is 1. The highest BCUT2D eigenvalue weighted by molar-refractivity contribution is 9.10. The Morgan fingerprint density at radius 3 is 2.65 bits per heavy atom. The molecule has 10 heteroatoms. The van der Waals surface area contributed by atoms with Crippen LogP contribution in [0.3, 0.4) is 0 Å². The molecule has 2 aromatic heterocycles. The monoisotopic (exact) mass is 338 g/mol. The molecule has 0 atom stereocenters. The zero-order valence-electron chi connectivity index (χ0n) is 9.78. The van der Waals surface area contributed by atoms with E-state index in [1.165, 1.54) is 12.4 Å². The summed E-state index contributed by atoms with van der Waals surface area (Å²) in [7, 11) is 0. The number of carbonyl (C=O) groups is 1. The molecule has 0 spiro atoms. The summed E-state index contributed by atoms with van der Waals surface area (Å²) in [4.78, 5) is 33.3. The lowest BCUT2D eigenvalue weighted by Crippen LogP contribution is -2.16. The molecule has 0 saturated heterocycles. The highest BCUT2D eigenvalue weighted by atomic mass is 79.9. The number of anilines is 2. The van der Waals surface area contributed by atoms with E-state index in [1.54, 1.807) is 0 Å². The van der Waals surface area contributed by atoms with Crippen LogP contribution in [-0.2, 0) is 0 Å². The van der Waals surface area contributed by atoms with Crippen LogP contribution in [0.1, 0.15) is 10.4 Å². The molecule has 0 aromatic carbocycles. The third kappa shape index (κ3) is 3.03. The summed E-state index contributed by atoms with van der Waals surface area (Å²) >= 11 is 3.10. The molecule has 9 nitrogen and oxygen atoms in total. The molecule has 0 aliphatic carbocycles. The van der Waals surface area contributed by atoms with Crippen molar-refractivity contribution < 1.29 is 9.72 Å². The number of rotatable bonds is 3. The van der Waals surface area contributed by atoms with Gasteiger partial charge in [0.05, 0.1) is 22.9 Å². The molecule has 0 saturated carbocycles. The summed E-state index contributed by atoms with van der Waals surface area (Å²) in [5.41, 5.74) is 5.10. The number of hydrogen-bond acceptors (Lipinski definition) is 7. The minimum atomic E-state index is -0.664.